The van der Waals surface area contributed by atoms with Crippen LogP contribution in [-0.2, 0) is 4.79 Å². The van der Waals surface area contributed by atoms with E-state index in [4.69, 9.17) is 0 Å². The van der Waals surface area contributed by atoms with Gasteiger partial charge < -0.3 is 10.0 Å². The number of carbonyl (C=O) groups excluding carboxylic acids is 1. The van der Waals surface area contributed by atoms with E-state index in [1.807, 2.05) is 48.4 Å². The van der Waals surface area contributed by atoms with Gasteiger partial charge in [0.25, 0.3) is 0 Å². The lowest BCUT2D eigenvalue weighted by Gasteiger charge is -2.36. The molecule has 1 aromatic rings. The largest absolute Gasteiger partial charge is 0.387 e. The number of aliphatic hydroxyl groups excluding tert-OH is 1. The highest BCUT2D eigenvalue weighted by atomic mass is 32.2. The first kappa shape index (κ1) is 16.3. The summed E-state index contributed by atoms with van der Waals surface area (Å²) in [5, 5.41) is 10.3. The van der Waals surface area contributed by atoms with Gasteiger partial charge >= 0.3 is 0 Å². The smallest absolute Gasteiger partial charge is 0.235 e. The third-order valence-corrected chi connectivity index (χ3v) is 4.91. The Hall–Kier alpha value is -1.04. The van der Waals surface area contributed by atoms with E-state index in [-0.39, 0.29) is 11.2 Å². The Kier molecular flexibility index (Phi) is 6.08. The van der Waals surface area contributed by atoms with Crippen LogP contribution < -0.4 is 0 Å². The minimum atomic E-state index is -0.460. The molecule has 0 aliphatic carbocycles. The highest BCUT2D eigenvalue weighted by molar-refractivity contribution is 7.99. The van der Waals surface area contributed by atoms with Crippen LogP contribution in [0.5, 0.6) is 0 Å². The van der Waals surface area contributed by atoms with Gasteiger partial charge in [-0.3, -0.25) is 9.69 Å². The van der Waals surface area contributed by atoms with Crippen LogP contribution in [0.2, 0.25) is 0 Å². The number of carbonyl (C=O) groups is 1. The van der Waals surface area contributed by atoms with E-state index in [0.717, 1.165) is 31.7 Å². The normalized spacial score (nSPS) is 19.3. The zero-order valence-corrected chi connectivity index (χ0v) is 13.6. The molecule has 0 bridgehead atoms. The maximum absolute atomic E-state index is 12.1. The summed E-state index contributed by atoms with van der Waals surface area (Å²) in [5.74, 6) is 0.228. The number of β-amino-alcohol motifs (C(OH)–C–C–N with tert-alkyl or cyclic N) is 1. The Morgan fingerprint density at radius 2 is 1.86 bits per heavy atom. The average molecular weight is 308 g/mol. The highest BCUT2D eigenvalue weighted by Crippen LogP contribution is 2.16. The molecular weight excluding hydrogens is 284 g/mol. The van der Waals surface area contributed by atoms with Gasteiger partial charge in [-0.15, -0.1) is 0 Å². The fourth-order valence-electron chi connectivity index (χ4n) is 2.53. The number of benzene rings is 1. The molecule has 1 aromatic carbocycles. The van der Waals surface area contributed by atoms with Crippen molar-refractivity contribution >= 4 is 17.7 Å². The molecule has 1 amide bonds. The van der Waals surface area contributed by atoms with Crippen molar-refractivity contribution in [2.75, 3.05) is 39.0 Å². The molecule has 1 aliphatic heterocycles. The van der Waals surface area contributed by atoms with Crippen LogP contribution in [0.25, 0.3) is 0 Å². The lowest BCUT2D eigenvalue weighted by Crippen LogP contribution is -2.51. The van der Waals surface area contributed by atoms with Crippen LogP contribution in [-0.4, -0.2) is 65.0 Å². The van der Waals surface area contributed by atoms with Crippen molar-refractivity contribution in [1.29, 1.82) is 0 Å². The van der Waals surface area contributed by atoms with E-state index in [2.05, 4.69) is 4.90 Å². The Morgan fingerprint density at radius 3 is 2.43 bits per heavy atom. The van der Waals surface area contributed by atoms with Gasteiger partial charge in [0.15, 0.2) is 0 Å². The lowest BCUT2D eigenvalue weighted by atomic mass is 10.1. The number of rotatable bonds is 5. The van der Waals surface area contributed by atoms with Crippen LogP contribution in [0.4, 0.5) is 0 Å². The molecule has 2 atom stereocenters. The van der Waals surface area contributed by atoms with Gasteiger partial charge in [-0.25, -0.2) is 0 Å². The molecule has 0 aromatic heterocycles. The van der Waals surface area contributed by atoms with E-state index in [0.29, 0.717) is 6.54 Å². The van der Waals surface area contributed by atoms with Crippen molar-refractivity contribution < 1.29 is 9.90 Å². The quantitative estimate of drug-likeness (QED) is 0.898. The Bertz CT molecular complexity index is 447. The number of hydrogen-bond donors (Lipinski definition) is 1. The second-order valence-electron chi connectivity index (χ2n) is 5.43. The number of piperazine rings is 1. The van der Waals surface area contributed by atoms with E-state index < -0.39 is 6.10 Å². The molecule has 2 rings (SSSR count). The van der Waals surface area contributed by atoms with Crippen molar-refractivity contribution in [2.24, 2.45) is 0 Å². The van der Waals surface area contributed by atoms with E-state index in [9.17, 15) is 9.90 Å². The molecule has 4 nitrogen and oxygen atoms in total. The summed E-state index contributed by atoms with van der Waals surface area (Å²) < 4.78 is 0. The van der Waals surface area contributed by atoms with Gasteiger partial charge in [0.2, 0.25) is 5.91 Å². The second kappa shape index (κ2) is 7.82. The molecule has 2 unspecified atom stereocenters. The fourth-order valence-corrected chi connectivity index (χ4v) is 2.88. The van der Waals surface area contributed by atoms with Gasteiger partial charge in [0, 0.05) is 32.7 Å². The number of nitrogens with zero attached hydrogens (tertiary/aromatic N) is 2. The van der Waals surface area contributed by atoms with Gasteiger partial charge in [-0.1, -0.05) is 30.3 Å². The molecule has 1 saturated heterocycles. The first-order valence-corrected chi connectivity index (χ1v) is 8.67. The molecule has 0 saturated carbocycles. The average Bonchev–Trinajstić information content (AvgIpc) is 2.55. The van der Waals surface area contributed by atoms with E-state index in [1.165, 1.54) is 0 Å². The third kappa shape index (κ3) is 4.46. The standard InChI is InChI=1S/C16H24N2O2S/c1-13(21-2)16(20)18-10-8-17(9-11-18)12-15(19)14-6-4-3-5-7-14/h3-7,13,15,19H,8-12H2,1-2H3. The predicted octanol–water partition coefficient (Wildman–Crippen LogP) is 1.62. The maximum atomic E-state index is 12.1. The third-order valence-electron chi connectivity index (χ3n) is 4.00. The zero-order chi connectivity index (χ0) is 15.2. The summed E-state index contributed by atoms with van der Waals surface area (Å²) in [4.78, 5) is 16.3. The van der Waals surface area contributed by atoms with Crippen molar-refractivity contribution in [3.05, 3.63) is 35.9 Å². The molecule has 1 N–H and O–H groups in total. The van der Waals surface area contributed by atoms with Gasteiger partial charge in [-0.05, 0) is 18.7 Å². The molecule has 0 radical (unpaired) electrons. The van der Waals surface area contributed by atoms with E-state index >= 15 is 0 Å². The Balaban J connectivity index is 1.80. The molecule has 21 heavy (non-hydrogen) atoms. The minimum absolute atomic E-state index is 0.0338. The minimum Gasteiger partial charge on any atom is -0.387 e. The summed E-state index contributed by atoms with van der Waals surface area (Å²) in [5.41, 5.74) is 0.951. The van der Waals surface area contributed by atoms with Crippen LogP contribution in [0.15, 0.2) is 30.3 Å². The molecule has 1 heterocycles. The molecule has 5 heteroatoms. The Labute approximate surface area is 131 Å². The number of amides is 1. The van der Waals surface area contributed by atoms with Crippen molar-refractivity contribution in [2.45, 2.75) is 18.3 Å². The van der Waals surface area contributed by atoms with Crippen LogP contribution in [0.1, 0.15) is 18.6 Å². The van der Waals surface area contributed by atoms with Crippen molar-refractivity contribution in [1.82, 2.24) is 9.80 Å². The molecule has 0 spiro atoms. The molecule has 116 valence electrons. The summed E-state index contributed by atoms with van der Waals surface area (Å²) in [6.07, 6.45) is 1.51. The number of thioether (sulfide) groups is 1. The molecular formula is C16H24N2O2S. The van der Waals surface area contributed by atoms with Crippen LogP contribution in [0.3, 0.4) is 0 Å². The first-order chi connectivity index (χ1) is 10.1. The number of aliphatic hydroxyl groups is 1. The number of hydrogen-bond acceptors (Lipinski definition) is 4. The summed E-state index contributed by atoms with van der Waals surface area (Å²) in [6.45, 7) is 5.76. The first-order valence-electron chi connectivity index (χ1n) is 7.38. The second-order valence-corrected chi connectivity index (χ2v) is 6.61. The van der Waals surface area contributed by atoms with Crippen LogP contribution >= 0.6 is 11.8 Å². The SMILES string of the molecule is CSC(C)C(=O)N1CCN(CC(O)c2ccccc2)CC1. The molecule has 1 fully saturated rings. The zero-order valence-electron chi connectivity index (χ0n) is 12.7. The Morgan fingerprint density at radius 1 is 1.24 bits per heavy atom. The summed E-state index contributed by atoms with van der Waals surface area (Å²) >= 11 is 1.59. The van der Waals surface area contributed by atoms with Crippen molar-refractivity contribution in [3.63, 3.8) is 0 Å². The van der Waals surface area contributed by atoms with Crippen molar-refractivity contribution in [3.8, 4) is 0 Å². The van der Waals surface area contributed by atoms with Gasteiger partial charge in [0.05, 0.1) is 11.4 Å². The fraction of sp³-hybridized carbons (Fsp3) is 0.562. The predicted molar refractivity (Wildman–Crippen MR) is 87.4 cm³/mol. The topological polar surface area (TPSA) is 43.8 Å². The van der Waals surface area contributed by atoms with Gasteiger partial charge in [-0.2, -0.15) is 11.8 Å². The monoisotopic (exact) mass is 308 g/mol. The van der Waals surface area contributed by atoms with E-state index in [1.54, 1.807) is 11.8 Å². The van der Waals surface area contributed by atoms with Gasteiger partial charge in [0.1, 0.15) is 0 Å². The molecule has 1 aliphatic rings. The highest BCUT2D eigenvalue weighted by Gasteiger charge is 2.25. The van der Waals surface area contributed by atoms with Crippen LogP contribution in [0, 0.1) is 0 Å². The summed E-state index contributed by atoms with van der Waals surface area (Å²) in [7, 11) is 0. The lowest BCUT2D eigenvalue weighted by molar-refractivity contribution is -0.132. The summed E-state index contributed by atoms with van der Waals surface area (Å²) in [6, 6.07) is 9.74. The maximum Gasteiger partial charge on any atom is 0.235 e.